The maximum absolute atomic E-state index is 12.9. The number of hydrogen-bond acceptors (Lipinski definition) is 5. The smallest absolute Gasteiger partial charge is 0.293 e. The largest absolute Gasteiger partial charge is 0.484 e. The Balaban J connectivity index is 1.40. The zero-order chi connectivity index (χ0) is 24.9. The van der Waals surface area contributed by atoms with Gasteiger partial charge in [0.05, 0.1) is 22.2 Å². The van der Waals surface area contributed by atoms with Crippen molar-refractivity contribution >= 4 is 75.4 Å². The fraction of sp³-hybridized carbons (Fsp3) is 0.0800. The first kappa shape index (κ1) is 25.1. The minimum atomic E-state index is -0.420. The van der Waals surface area contributed by atoms with Crippen molar-refractivity contribution in [3.63, 3.8) is 0 Å². The van der Waals surface area contributed by atoms with E-state index in [2.05, 4.69) is 5.32 Å². The zero-order valence-electron chi connectivity index (χ0n) is 18.0. The number of rotatable bonds is 7. The molecule has 0 aliphatic carbocycles. The highest BCUT2D eigenvalue weighted by Gasteiger charge is 2.35. The predicted octanol–water partition coefficient (Wildman–Crippen LogP) is 6.90. The third kappa shape index (κ3) is 6.38. The van der Waals surface area contributed by atoms with Crippen LogP contribution in [0.5, 0.6) is 5.75 Å². The van der Waals surface area contributed by atoms with Crippen LogP contribution in [-0.2, 0) is 16.1 Å². The molecule has 3 aromatic carbocycles. The molecule has 3 aromatic rings. The van der Waals surface area contributed by atoms with Crippen LogP contribution in [0, 0.1) is 0 Å². The molecule has 3 amide bonds. The molecule has 35 heavy (non-hydrogen) atoms. The van der Waals surface area contributed by atoms with Gasteiger partial charge in [0.15, 0.2) is 6.61 Å². The van der Waals surface area contributed by atoms with E-state index in [1.807, 2.05) is 0 Å². The van der Waals surface area contributed by atoms with Crippen molar-refractivity contribution < 1.29 is 19.1 Å². The van der Waals surface area contributed by atoms with Crippen LogP contribution in [0.15, 0.2) is 71.6 Å². The maximum Gasteiger partial charge on any atom is 0.293 e. The first-order chi connectivity index (χ1) is 16.8. The van der Waals surface area contributed by atoms with Crippen LogP contribution in [0.3, 0.4) is 0 Å². The molecule has 0 spiro atoms. The lowest BCUT2D eigenvalue weighted by Crippen LogP contribution is -2.27. The standard InChI is InChI=1S/C25H17Cl3N2O4S/c26-17-9-8-16(20(28)12-17)13-30-24(32)22(35-25(30)33)11-15-4-3-5-18(10-15)34-14-23(31)29-21-7-2-1-6-19(21)27/h1-12H,13-14H2,(H,29,31)/b22-11-. The van der Waals surface area contributed by atoms with E-state index in [0.29, 0.717) is 37.6 Å². The number of hydrogen-bond donors (Lipinski definition) is 1. The number of carbonyl (C=O) groups is 3. The van der Waals surface area contributed by atoms with E-state index in [4.69, 9.17) is 39.5 Å². The summed E-state index contributed by atoms with van der Waals surface area (Å²) in [6.07, 6.45) is 1.60. The van der Waals surface area contributed by atoms with Crippen molar-refractivity contribution in [3.8, 4) is 5.75 Å². The average Bonchev–Trinajstić information content (AvgIpc) is 3.08. The number of anilines is 1. The van der Waals surface area contributed by atoms with Crippen molar-refractivity contribution in [2.45, 2.75) is 6.54 Å². The normalized spacial score (nSPS) is 14.5. The lowest BCUT2D eigenvalue weighted by Gasteiger charge is -2.13. The first-order valence-corrected chi connectivity index (χ1v) is 12.2. The van der Waals surface area contributed by atoms with Crippen molar-refractivity contribution in [1.82, 2.24) is 4.90 Å². The summed E-state index contributed by atoms with van der Waals surface area (Å²) in [5.74, 6) is -0.359. The summed E-state index contributed by atoms with van der Waals surface area (Å²) in [5, 5.41) is 3.56. The van der Waals surface area contributed by atoms with Gasteiger partial charge in [-0.15, -0.1) is 0 Å². The van der Waals surface area contributed by atoms with E-state index in [0.717, 1.165) is 16.7 Å². The Morgan fingerprint density at radius 3 is 2.54 bits per heavy atom. The molecule has 0 aromatic heterocycles. The highest BCUT2D eigenvalue weighted by atomic mass is 35.5. The Bertz CT molecular complexity index is 1350. The van der Waals surface area contributed by atoms with Crippen LogP contribution in [0.25, 0.3) is 6.08 Å². The van der Waals surface area contributed by atoms with Crippen molar-refractivity contribution in [2.24, 2.45) is 0 Å². The van der Waals surface area contributed by atoms with Gasteiger partial charge in [0, 0.05) is 10.0 Å². The molecule has 0 saturated carbocycles. The first-order valence-electron chi connectivity index (χ1n) is 10.3. The number of amides is 3. The van der Waals surface area contributed by atoms with Crippen LogP contribution >= 0.6 is 46.6 Å². The van der Waals surface area contributed by atoms with Gasteiger partial charge in [0.1, 0.15) is 5.75 Å². The van der Waals surface area contributed by atoms with Gasteiger partial charge >= 0.3 is 0 Å². The molecule has 0 unspecified atom stereocenters. The molecule has 1 saturated heterocycles. The minimum absolute atomic E-state index is 0.0434. The number of benzene rings is 3. The molecule has 1 fully saturated rings. The van der Waals surface area contributed by atoms with Crippen LogP contribution in [0.1, 0.15) is 11.1 Å². The highest BCUT2D eigenvalue weighted by molar-refractivity contribution is 8.18. The van der Waals surface area contributed by atoms with E-state index < -0.39 is 11.1 Å². The van der Waals surface area contributed by atoms with Gasteiger partial charge in [-0.2, -0.15) is 0 Å². The Kier molecular flexibility index (Phi) is 8.03. The molecule has 1 heterocycles. The third-order valence-corrected chi connectivity index (χ3v) is 6.71. The summed E-state index contributed by atoms with van der Waals surface area (Å²) in [6, 6.07) is 18.6. The van der Waals surface area contributed by atoms with Crippen LogP contribution in [0.2, 0.25) is 15.1 Å². The quantitative estimate of drug-likeness (QED) is 0.326. The highest BCUT2D eigenvalue weighted by Crippen LogP contribution is 2.35. The van der Waals surface area contributed by atoms with Gasteiger partial charge in [-0.3, -0.25) is 19.3 Å². The lowest BCUT2D eigenvalue weighted by atomic mass is 10.2. The molecule has 0 atom stereocenters. The average molecular weight is 548 g/mol. The van der Waals surface area contributed by atoms with Gasteiger partial charge in [0.25, 0.3) is 17.1 Å². The number of nitrogens with zero attached hydrogens (tertiary/aromatic N) is 1. The number of thioether (sulfide) groups is 1. The Morgan fingerprint density at radius 1 is 0.971 bits per heavy atom. The van der Waals surface area contributed by atoms with Crippen molar-refractivity contribution in [1.29, 1.82) is 0 Å². The SMILES string of the molecule is O=C(COc1cccc(/C=C2\SC(=O)N(Cc3ccc(Cl)cc3Cl)C2=O)c1)Nc1ccccc1Cl. The zero-order valence-corrected chi connectivity index (χ0v) is 21.0. The second-order valence-electron chi connectivity index (χ2n) is 7.39. The fourth-order valence-corrected chi connectivity index (χ4v) is 4.69. The molecule has 6 nitrogen and oxygen atoms in total. The summed E-state index contributed by atoms with van der Waals surface area (Å²) < 4.78 is 5.58. The molecule has 0 bridgehead atoms. The van der Waals surface area contributed by atoms with Gasteiger partial charge < -0.3 is 10.1 Å². The summed E-state index contributed by atoms with van der Waals surface area (Å²) in [5.41, 5.74) is 1.75. The number of carbonyl (C=O) groups excluding carboxylic acids is 3. The Morgan fingerprint density at radius 2 is 1.77 bits per heavy atom. The summed E-state index contributed by atoms with van der Waals surface area (Å²) in [4.78, 5) is 38.9. The molecule has 1 aliphatic heterocycles. The topological polar surface area (TPSA) is 75.7 Å². The minimum Gasteiger partial charge on any atom is -0.484 e. The van der Waals surface area contributed by atoms with Gasteiger partial charge in [-0.1, -0.05) is 65.1 Å². The van der Waals surface area contributed by atoms with Crippen molar-refractivity contribution in [2.75, 3.05) is 11.9 Å². The number of para-hydroxylation sites is 1. The Hall–Kier alpha value is -2.97. The maximum atomic E-state index is 12.9. The summed E-state index contributed by atoms with van der Waals surface area (Å²) >= 11 is 19.0. The van der Waals surface area contributed by atoms with E-state index in [1.165, 1.54) is 0 Å². The molecule has 1 N–H and O–H groups in total. The summed E-state index contributed by atoms with van der Waals surface area (Å²) in [7, 11) is 0. The molecule has 4 rings (SSSR count). The molecule has 1 aliphatic rings. The predicted molar refractivity (Wildman–Crippen MR) is 140 cm³/mol. The Labute approximate surface area is 220 Å². The van der Waals surface area contributed by atoms with Gasteiger partial charge in [-0.05, 0) is 65.4 Å². The molecule has 10 heteroatoms. The van der Waals surface area contributed by atoms with E-state index in [9.17, 15) is 14.4 Å². The fourth-order valence-electron chi connectivity index (χ4n) is 3.20. The second-order valence-corrected chi connectivity index (χ2v) is 9.64. The monoisotopic (exact) mass is 546 g/mol. The number of imide groups is 1. The second kappa shape index (κ2) is 11.2. The lowest BCUT2D eigenvalue weighted by molar-refractivity contribution is -0.123. The van der Waals surface area contributed by atoms with Crippen molar-refractivity contribution in [3.05, 3.63) is 97.8 Å². The van der Waals surface area contributed by atoms with Crippen LogP contribution in [-0.4, -0.2) is 28.6 Å². The molecule has 0 radical (unpaired) electrons. The van der Waals surface area contributed by atoms with Crippen LogP contribution in [0.4, 0.5) is 10.5 Å². The number of nitrogens with one attached hydrogen (secondary N) is 1. The third-order valence-electron chi connectivity index (χ3n) is 4.89. The van der Waals surface area contributed by atoms with Crippen LogP contribution < -0.4 is 10.1 Å². The van der Waals surface area contributed by atoms with E-state index in [1.54, 1.807) is 72.8 Å². The van der Waals surface area contributed by atoms with Gasteiger partial charge in [0.2, 0.25) is 0 Å². The van der Waals surface area contributed by atoms with E-state index in [-0.39, 0.29) is 24.0 Å². The van der Waals surface area contributed by atoms with Gasteiger partial charge in [-0.25, -0.2) is 0 Å². The number of halogens is 3. The number of ether oxygens (including phenoxy) is 1. The summed E-state index contributed by atoms with van der Waals surface area (Å²) in [6.45, 7) is -0.186. The van der Waals surface area contributed by atoms with E-state index >= 15 is 0 Å². The molecular formula is C25H17Cl3N2O4S. The molecular weight excluding hydrogens is 531 g/mol. The molecule has 178 valence electrons.